The van der Waals surface area contributed by atoms with Crippen LogP contribution in [-0.2, 0) is 0 Å². The van der Waals surface area contributed by atoms with E-state index in [-0.39, 0.29) is 0 Å². The molecule has 0 aromatic carbocycles. The van der Waals surface area contributed by atoms with Crippen molar-refractivity contribution in [3.8, 4) is 0 Å². The van der Waals surface area contributed by atoms with Gasteiger partial charge in [0, 0.05) is 12.6 Å². The fourth-order valence-corrected chi connectivity index (χ4v) is 3.33. The molecule has 2 heterocycles. The van der Waals surface area contributed by atoms with Gasteiger partial charge in [-0.2, -0.15) is 0 Å². The van der Waals surface area contributed by atoms with E-state index in [1.54, 1.807) is 0 Å². The van der Waals surface area contributed by atoms with Crippen LogP contribution in [0.4, 0.5) is 0 Å². The van der Waals surface area contributed by atoms with Crippen LogP contribution in [-0.4, -0.2) is 51.2 Å². The quantitative estimate of drug-likeness (QED) is 0.745. The summed E-state index contributed by atoms with van der Waals surface area (Å²) in [6, 6.07) is 0.731. The molecule has 0 aliphatic carbocycles. The summed E-state index contributed by atoms with van der Waals surface area (Å²) in [4.78, 5) is 2.47. The molecule has 3 atom stereocenters. The average Bonchev–Trinajstić information content (AvgIpc) is 2.74. The number of piperidine rings is 1. The second-order valence-corrected chi connectivity index (χ2v) is 5.65. The maximum atomic E-state index is 3.56. The minimum absolute atomic E-state index is 0.731. The van der Waals surface area contributed by atoms with Crippen molar-refractivity contribution in [2.45, 2.75) is 31.7 Å². The van der Waals surface area contributed by atoms with Gasteiger partial charge in [-0.25, -0.2) is 0 Å². The minimum atomic E-state index is 0.731. The molecule has 2 saturated heterocycles. The smallest absolute Gasteiger partial charge is 0.0108 e. The standard InChI is InChI=1S/C13H27N3/c1-14-13(12-5-7-16(2)10-12)8-11-4-3-6-15-9-11/h11-15H,3-10H2,1-2H3. The molecule has 2 fully saturated rings. The van der Waals surface area contributed by atoms with Crippen molar-refractivity contribution < 1.29 is 0 Å². The first kappa shape index (κ1) is 12.3. The molecule has 2 aliphatic rings. The Kier molecular flexibility index (Phi) is 4.62. The summed E-state index contributed by atoms with van der Waals surface area (Å²) in [5, 5.41) is 7.08. The van der Waals surface area contributed by atoms with Gasteiger partial charge in [0.2, 0.25) is 0 Å². The van der Waals surface area contributed by atoms with E-state index in [1.807, 2.05) is 0 Å². The molecule has 16 heavy (non-hydrogen) atoms. The molecule has 0 bridgehead atoms. The van der Waals surface area contributed by atoms with E-state index in [1.165, 1.54) is 51.9 Å². The van der Waals surface area contributed by atoms with Gasteiger partial charge in [-0.3, -0.25) is 0 Å². The molecule has 94 valence electrons. The third-order valence-electron chi connectivity index (χ3n) is 4.35. The van der Waals surface area contributed by atoms with Crippen molar-refractivity contribution in [3.63, 3.8) is 0 Å². The number of hydrogen-bond acceptors (Lipinski definition) is 3. The number of nitrogens with zero attached hydrogens (tertiary/aromatic N) is 1. The highest BCUT2D eigenvalue weighted by atomic mass is 15.1. The molecule has 0 radical (unpaired) electrons. The predicted octanol–water partition coefficient (Wildman–Crippen LogP) is 0.916. The zero-order chi connectivity index (χ0) is 11.4. The van der Waals surface area contributed by atoms with Crippen molar-refractivity contribution in [1.82, 2.24) is 15.5 Å². The molecule has 2 N–H and O–H groups in total. The second-order valence-electron chi connectivity index (χ2n) is 5.65. The van der Waals surface area contributed by atoms with Gasteiger partial charge in [0.05, 0.1) is 0 Å². The van der Waals surface area contributed by atoms with Crippen LogP contribution in [0.1, 0.15) is 25.7 Å². The lowest BCUT2D eigenvalue weighted by molar-refractivity contribution is 0.266. The Balaban J connectivity index is 1.80. The average molecular weight is 225 g/mol. The van der Waals surface area contributed by atoms with Crippen LogP contribution in [0.3, 0.4) is 0 Å². The lowest BCUT2D eigenvalue weighted by atomic mass is 9.86. The summed E-state index contributed by atoms with van der Waals surface area (Å²) in [6.45, 7) is 5.03. The summed E-state index contributed by atoms with van der Waals surface area (Å²) < 4.78 is 0. The predicted molar refractivity (Wildman–Crippen MR) is 68.7 cm³/mol. The Hall–Kier alpha value is -0.120. The van der Waals surface area contributed by atoms with E-state index in [2.05, 4.69) is 29.6 Å². The summed E-state index contributed by atoms with van der Waals surface area (Å²) in [6.07, 6.45) is 5.53. The lowest BCUT2D eigenvalue weighted by Gasteiger charge is -2.30. The van der Waals surface area contributed by atoms with Crippen LogP contribution in [0.5, 0.6) is 0 Å². The molecule has 0 saturated carbocycles. The maximum Gasteiger partial charge on any atom is 0.0108 e. The van der Waals surface area contributed by atoms with Gasteiger partial charge in [-0.05, 0) is 71.2 Å². The van der Waals surface area contributed by atoms with Gasteiger partial charge in [0.1, 0.15) is 0 Å². The molecule has 3 unspecified atom stereocenters. The molecular formula is C13H27N3. The van der Waals surface area contributed by atoms with E-state index in [0.717, 1.165) is 17.9 Å². The van der Waals surface area contributed by atoms with Crippen molar-refractivity contribution >= 4 is 0 Å². The summed E-state index contributed by atoms with van der Waals surface area (Å²) in [5.74, 6) is 1.77. The van der Waals surface area contributed by atoms with Crippen LogP contribution < -0.4 is 10.6 Å². The van der Waals surface area contributed by atoms with Gasteiger partial charge in [-0.15, -0.1) is 0 Å². The van der Waals surface area contributed by atoms with Crippen molar-refractivity contribution in [3.05, 3.63) is 0 Å². The maximum absolute atomic E-state index is 3.56. The van der Waals surface area contributed by atoms with Crippen molar-refractivity contribution in [2.24, 2.45) is 11.8 Å². The van der Waals surface area contributed by atoms with E-state index < -0.39 is 0 Å². The van der Waals surface area contributed by atoms with E-state index >= 15 is 0 Å². The summed E-state index contributed by atoms with van der Waals surface area (Å²) in [5.41, 5.74) is 0. The van der Waals surface area contributed by atoms with Gasteiger partial charge in [0.15, 0.2) is 0 Å². The third-order valence-corrected chi connectivity index (χ3v) is 4.35. The van der Waals surface area contributed by atoms with E-state index in [0.29, 0.717) is 0 Å². The Morgan fingerprint density at radius 3 is 2.88 bits per heavy atom. The SMILES string of the molecule is CNC(CC1CCCNC1)C1CCN(C)C1. The van der Waals surface area contributed by atoms with Gasteiger partial charge in [-0.1, -0.05) is 0 Å². The number of rotatable bonds is 4. The molecule has 3 heteroatoms. The summed E-state index contributed by atoms with van der Waals surface area (Å²) >= 11 is 0. The van der Waals surface area contributed by atoms with E-state index in [4.69, 9.17) is 0 Å². The number of hydrogen-bond donors (Lipinski definition) is 2. The highest BCUT2D eigenvalue weighted by Gasteiger charge is 2.28. The lowest BCUT2D eigenvalue weighted by Crippen LogP contribution is -2.40. The molecule has 0 spiro atoms. The van der Waals surface area contributed by atoms with Crippen LogP contribution in [0, 0.1) is 11.8 Å². The van der Waals surface area contributed by atoms with Crippen LogP contribution in [0.15, 0.2) is 0 Å². The third kappa shape index (κ3) is 3.19. The zero-order valence-corrected chi connectivity index (χ0v) is 10.8. The van der Waals surface area contributed by atoms with Crippen LogP contribution >= 0.6 is 0 Å². The van der Waals surface area contributed by atoms with Gasteiger partial charge in [0.25, 0.3) is 0 Å². The molecule has 0 aromatic rings. The molecule has 0 amide bonds. The monoisotopic (exact) mass is 225 g/mol. The second kappa shape index (κ2) is 5.99. The molecule has 2 aliphatic heterocycles. The topological polar surface area (TPSA) is 27.3 Å². The Labute approximate surface area is 100.0 Å². The summed E-state index contributed by atoms with van der Waals surface area (Å²) in [7, 11) is 4.38. The molecule has 0 aromatic heterocycles. The number of nitrogens with one attached hydrogen (secondary N) is 2. The first-order valence-electron chi connectivity index (χ1n) is 6.86. The number of likely N-dealkylation sites (tertiary alicyclic amines) is 1. The highest BCUT2D eigenvalue weighted by Crippen LogP contribution is 2.25. The van der Waals surface area contributed by atoms with E-state index in [9.17, 15) is 0 Å². The normalized spacial score (nSPS) is 34.1. The fraction of sp³-hybridized carbons (Fsp3) is 1.00. The molecule has 3 nitrogen and oxygen atoms in total. The minimum Gasteiger partial charge on any atom is -0.317 e. The van der Waals surface area contributed by atoms with Crippen molar-refractivity contribution in [1.29, 1.82) is 0 Å². The zero-order valence-electron chi connectivity index (χ0n) is 10.8. The Morgan fingerprint density at radius 1 is 1.44 bits per heavy atom. The molecular weight excluding hydrogens is 198 g/mol. The highest BCUT2D eigenvalue weighted by molar-refractivity contribution is 4.86. The van der Waals surface area contributed by atoms with Crippen LogP contribution in [0.2, 0.25) is 0 Å². The Morgan fingerprint density at radius 2 is 2.31 bits per heavy atom. The Bertz CT molecular complexity index is 201. The fourth-order valence-electron chi connectivity index (χ4n) is 3.33. The molecule has 2 rings (SSSR count). The van der Waals surface area contributed by atoms with Crippen LogP contribution in [0.25, 0.3) is 0 Å². The first-order chi connectivity index (χ1) is 7.79. The van der Waals surface area contributed by atoms with Gasteiger partial charge >= 0.3 is 0 Å². The van der Waals surface area contributed by atoms with Gasteiger partial charge < -0.3 is 15.5 Å². The van der Waals surface area contributed by atoms with Crippen molar-refractivity contribution in [2.75, 3.05) is 40.3 Å². The largest absolute Gasteiger partial charge is 0.317 e. The first-order valence-corrected chi connectivity index (χ1v) is 6.86.